The van der Waals surface area contributed by atoms with Crippen LogP contribution in [0.2, 0.25) is 0 Å². The molecule has 0 spiro atoms. The lowest BCUT2D eigenvalue weighted by atomic mass is 10.2. The van der Waals surface area contributed by atoms with Crippen molar-refractivity contribution in [3.8, 4) is 5.75 Å². The first-order valence-corrected chi connectivity index (χ1v) is 8.81. The number of methoxy groups -OCH3 is 1. The Morgan fingerprint density at radius 2 is 1.92 bits per heavy atom. The maximum atomic E-state index is 12.3. The van der Waals surface area contributed by atoms with Crippen molar-refractivity contribution in [3.63, 3.8) is 0 Å². The van der Waals surface area contributed by atoms with Gasteiger partial charge in [0.05, 0.1) is 17.7 Å². The highest BCUT2D eigenvalue weighted by Gasteiger charge is 2.14. The summed E-state index contributed by atoms with van der Waals surface area (Å²) in [6.45, 7) is 3.33. The average molecular weight is 348 g/mol. The zero-order valence-corrected chi connectivity index (χ0v) is 14.6. The molecule has 2 N–H and O–H groups in total. The first-order chi connectivity index (χ1) is 11.3. The molecule has 0 aliphatic carbocycles. The van der Waals surface area contributed by atoms with Gasteiger partial charge in [-0.05, 0) is 42.3 Å². The number of rotatable bonds is 6. The standard InChI is InChI=1S/C17H20N2O4S/c1-12-5-4-6-15(9-12)24(21,22)18-11-14-7-8-17(23-3)16(10-14)19-13(2)20/h4-10,18H,11H2,1-3H3,(H,19,20). The molecule has 0 radical (unpaired) electrons. The van der Waals surface area contributed by atoms with Gasteiger partial charge in [0.1, 0.15) is 5.75 Å². The van der Waals surface area contributed by atoms with E-state index in [1.165, 1.54) is 14.0 Å². The molecule has 0 aromatic heterocycles. The highest BCUT2D eigenvalue weighted by atomic mass is 32.2. The van der Waals surface area contributed by atoms with E-state index in [0.717, 1.165) is 5.56 Å². The van der Waals surface area contributed by atoms with E-state index in [9.17, 15) is 13.2 Å². The quantitative estimate of drug-likeness (QED) is 0.840. The molecule has 24 heavy (non-hydrogen) atoms. The summed E-state index contributed by atoms with van der Waals surface area (Å²) in [6.07, 6.45) is 0. The van der Waals surface area contributed by atoms with Gasteiger partial charge in [-0.1, -0.05) is 18.2 Å². The fourth-order valence-corrected chi connectivity index (χ4v) is 3.32. The molecular formula is C17H20N2O4S. The fraction of sp³-hybridized carbons (Fsp3) is 0.235. The van der Waals surface area contributed by atoms with E-state index < -0.39 is 10.0 Å². The molecule has 0 aliphatic rings. The molecule has 128 valence electrons. The molecule has 0 heterocycles. The van der Waals surface area contributed by atoms with E-state index in [-0.39, 0.29) is 17.3 Å². The number of hydrogen-bond acceptors (Lipinski definition) is 4. The van der Waals surface area contributed by atoms with Gasteiger partial charge in [0, 0.05) is 13.5 Å². The van der Waals surface area contributed by atoms with Crippen LogP contribution in [0.3, 0.4) is 0 Å². The Bertz CT molecular complexity index is 847. The van der Waals surface area contributed by atoms with Crippen LogP contribution in [0, 0.1) is 6.92 Å². The Balaban J connectivity index is 2.18. The minimum absolute atomic E-state index is 0.104. The van der Waals surface area contributed by atoms with Crippen LogP contribution in [-0.2, 0) is 21.4 Å². The van der Waals surface area contributed by atoms with Crippen molar-refractivity contribution in [3.05, 3.63) is 53.6 Å². The molecule has 0 bridgehead atoms. The molecule has 2 aromatic carbocycles. The number of sulfonamides is 1. The number of ether oxygens (including phenoxy) is 1. The summed E-state index contributed by atoms with van der Waals surface area (Å²) < 4.78 is 32.4. The lowest BCUT2D eigenvalue weighted by molar-refractivity contribution is -0.114. The number of carbonyl (C=O) groups is 1. The van der Waals surface area contributed by atoms with Gasteiger partial charge >= 0.3 is 0 Å². The Morgan fingerprint density at radius 3 is 2.54 bits per heavy atom. The van der Waals surface area contributed by atoms with Crippen LogP contribution < -0.4 is 14.8 Å². The van der Waals surface area contributed by atoms with Crippen molar-refractivity contribution >= 4 is 21.6 Å². The summed E-state index contributed by atoms with van der Waals surface area (Å²) in [5.41, 5.74) is 2.07. The van der Waals surface area contributed by atoms with Crippen molar-refractivity contribution in [2.24, 2.45) is 0 Å². The second kappa shape index (κ2) is 7.46. The lowest BCUT2D eigenvalue weighted by Crippen LogP contribution is -2.23. The topological polar surface area (TPSA) is 84.5 Å². The number of hydrogen-bond donors (Lipinski definition) is 2. The average Bonchev–Trinajstić information content (AvgIpc) is 2.53. The molecule has 0 atom stereocenters. The first-order valence-electron chi connectivity index (χ1n) is 7.32. The maximum absolute atomic E-state index is 12.3. The number of amides is 1. The van der Waals surface area contributed by atoms with E-state index in [1.807, 2.05) is 13.0 Å². The molecule has 2 aromatic rings. The minimum Gasteiger partial charge on any atom is -0.495 e. The largest absolute Gasteiger partial charge is 0.495 e. The van der Waals surface area contributed by atoms with Gasteiger partial charge in [0.25, 0.3) is 0 Å². The number of nitrogens with one attached hydrogen (secondary N) is 2. The van der Waals surface area contributed by atoms with Crippen LogP contribution in [0.1, 0.15) is 18.1 Å². The van der Waals surface area contributed by atoms with Crippen molar-refractivity contribution < 1.29 is 17.9 Å². The van der Waals surface area contributed by atoms with E-state index in [1.54, 1.807) is 36.4 Å². The molecule has 0 aliphatic heterocycles. The SMILES string of the molecule is COc1ccc(CNS(=O)(=O)c2cccc(C)c2)cc1NC(C)=O. The predicted octanol–water partition coefficient (Wildman–Crippen LogP) is 2.44. The van der Waals surface area contributed by atoms with Crippen LogP contribution in [0.15, 0.2) is 47.4 Å². The minimum atomic E-state index is -3.60. The van der Waals surface area contributed by atoms with Crippen LogP contribution in [0.25, 0.3) is 0 Å². The van der Waals surface area contributed by atoms with Gasteiger partial charge in [-0.3, -0.25) is 4.79 Å². The Morgan fingerprint density at radius 1 is 1.17 bits per heavy atom. The van der Waals surface area contributed by atoms with Crippen molar-refractivity contribution in [2.45, 2.75) is 25.3 Å². The second-order valence-corrected chi connectivity index (χ2v) is 7.12. The van der Waals surface area contributed by atoms with E-state index in [4.69, 9.17) is 4.74 Å². The van der Waals surface area contributed by atoms with Gasteiger partial charge < -0.3 is 10.1 Å². The van der Waals surface area contributed by atoms with Crippen LogP contribution in [-0.4, -0.2) is 21.4 Å². The number of carbonyl (C=O) groups excluding carboxylic acids is 1. The van der Waals surface area contributed by atoms with Crippen molar-refractivity contribution in [2.75, 3.05) is 12.4 Å². The summed E-state index contributed by atoms with van der Waals surface area (Å²) >= 11 is 0. The van der Waals surface area contributed by atoms with Crippen molar-refractivity contribution in [1.82, 2.24) is 4.72 Å². The van der Waals surface area contributed by atoms with Crippen LogP contribution in [0.4, 0.5) is 5.69 Å². The smallest absolute Gasteiger partial charge is 0.240 e. The Labute approximate surface area is 141 Å². The monoisotopic (exact) mass is 348 g/mol. The van der Waals surface area contributed by atoms with Gasteiger partial charge in [-0.2, -0.15) is 0 Å². The molecule has 0 saturated carbocycles. The number of aryl methyl sites for hydroxylation is 1. The second-order valence-electron chi connectivity index (χ2n) is 5.36. The van der Waals surface area contributed by atoms with Crippen molar-refractivity contribution in [1.29, 1.82) is 0 Å². The maximum Gasteiger partial charge on any atom is 0.240 e. The van der Waals surface area contributed by atoms with Crippen LogP contribution in [0.5, 0.6) is 5.75 Å². The summed E-state index contributed by atoms with van der Waals surface area (Å²) in [7, 11) is -2.10. The predicted molar refractivity (Wildman–Crippen MR) is 92.5 cm³/mol. The number of benzene rings is 2. The summed E-state index contributed by atoms with van der Waals surface area (Å²) in [5, 5.41) is 2.66. The highest BCUT2D eigenvalue weighted by Crippen LogP contribution is 2.25. The zero-order valence-electron chi connectivity index (χ0n) is 13.8. The summed E-state index contributed by atoms with van der Waals surface area (Å²) in [6, 6.07) is 11.8. The zero-order chi connectivity index (χ0) is 17.7. The summed E-state index contributed by atoms with van der Waals surface area (Å²) in [5.74, 6) is 0.279. The van der Waals surface area contributed by atoms with E-state index >= 15 is 0 Å². The molecule has 0 saturated heterocycles. The third-order valence-electron chi connectivity index (χ3n) is 3.34. The molecule has 0 fully saturated rings. The molecule has 7 heteroatoms. The van der Waals surface area contributed by atoms with Gasteiger partial charge in [0.15, 0.2) is 0 Å². The highest BCUT2D eigenvalue weighted by molar-refractivity contribution is 7.89. The Kier molecular flexibility index (Phi) is 5.58. The number of anilines is 1. The van der Waals surface area contributed by atoms with E-state index in [2.05, 4.69) is 10.0 Å². The first kappa shape index (κ1) is 18.0. The van der Waals surface area contributed by atoms with Crippen LogP contribution >= 0.6 is 0 Å². The third kappa shape index (κ3) is 4.56. The van der Waals surface area contributed by atoms with Gasteiger partial charge in [-0.25, -0.2) is 13.1 Å². The fourth-order valence-electron chi connectivity index (χ4n) is 2.20. The summed E-state index contributed by atoms with van der Waals surface area (Å²) in [4.78, 5) is 11.5. The molecule has 1 amide bonds. The molecule has 6 nitrogen and oxygen atoms in total. The molecule has 2 rings (SSSR count). The van der Waals surface area contributed by atoms with Gasteiger partial charge in [0.2, 0.25) is 15.9 Å². The normalized spacial score (nSPS) is 11.1. The molecular weight excluding hydrogens is 328 g/mol. The third-order valence-corrected chi connectivity index (χ3v) is 4.74. The Hall–Kier alpha value is -2.38. The van der Waals surface area contributed by atoms with E-state index in [0.29, 0.717) is 17.0 Å². The lowest BCUT2D eigenvalue weighted by Gasteiger charge is -2.12. The molecule has 0 unspecified atom stereocenters. The van der Waals surface area contributed by atoms with Gasteiger partial charge in [-0.15, -0.1) is 0 Å².